The molecule has 0 aliphatic carbocycles. The second-order valence-corrected chi connectivity index (χ2v) is 4.41. The minimum Gasteiger partial charge on any atom is -0.319 e. The van der Waals surface area contributed by atoms with Crippen LogP contribution in [0.4, 0.5) is 4.39 Å². The van der Waals surface area contributed by atoms with E-state index >= 15 is 0 Å². The van der Waals surface area contributed by atoms with E-state index in [1.54, 1.807) is 10.7 Å². The second kappa shape index (κ2) is 4.35. The summed E-state index contributed by atoms with van der Waals surface area (Å²) in [5.41, 5.74) is 7.44. The first-order chi connectivity index (χ1) is 7.58. The maximum absolute atomic E-state index is 13.1. The zero-order valence-electron chi connectivity index (χ0n) is 8.69. The molecule has 0 bridgehead atoms. The maximum Gasteiger partial charge on any atom is 0.123 e. The molecule has 5 heteroatoms. The average Bonchev–Trinajstić information content (AvgIpc) is 2.67. The molecule has 1 atom stereocenters. The molecule has 2 aromatic rings. The molecule has 0 saturated heterocycles. The predicted octanol–water partition coefficient (Wildman–Crippen LogP) is 2.37. The first-order valence-electron chi connectivity index (χ1n) is 4.78. The third-order valence-electron chi connectivity index (χ3n) is 2.35. The van der Waals surface area contributed by atoms with Gasteiger partial charge in [-0.05, 0) is 29.8 Å². The van der Waals surface area contributed by atoms with Crippen molar-refractivity contribution >= 4 is 15.9 Å². The lowest BCUT2D eigenvalue weighted by Gasteiger charge is -2.11. The monoisotopic (exact) mass is 283 g/mol. The van der Waals surface area contributed by atoms with Crippen LogP contribution in [0.15, 0.2) is 34.9 Å². The Bertz CT molecular complexity index is 510. The van der Waals surface area contributed by atoms with Gasteiger partial charge in [0.1, 0.15) is 5.82 Å². The summed E-state index contributed by atoms with van der Waals surface area (Å²) in [6.45, 7) is 0. The van der Waals surface area contributed by atoms with E-state index in [-0.39, 0.29) is 5.82 Å². The Kier molecular flexibility index (Phi) is 3.07. The number of nitrogens with zero attached hydrogens (tertiary/aromatic N) is 2. The third-order valence-corrected chi connectivity index (χ3v) is 3.07. The number of hydrogen-bond donors (Lipinski definition) is 1. The van der Waals surface area contributed by atoms with Gasteiger partial charge in [-0.1, -0.05) is 15.9 Å². The molecule has 3 nitrogen and oxygen atoms in total. The number of aryl methyl sites for hydroxylation is 1. The number of rotatable bonds is 2. The molecule has 2 rings (SSSR count). The van der Waals surface area contributed by atoms with Crippen LogP contribution in [0.5, 0.6) is 0 Å². The zero-order valence-corrected chi connectivity index (χ0v) is 10.3. The molecule has 84 valence electrons. The van der Waals surface area contributed by atoms with Crippen LogP contribution in [-0.2, 0) is 7.05 Å². The fourth-order valence-corrected chi connectivity index (χ4v) is 2.00. The van der Waals surface area contributed by atoms with Crippen molar-refractivity contribution in [3.8, 4) is 0 Å². The second-order valence-electron chi connectivity index (χ2n) is 3.56. The Morgan fingerprint density at radius 3 is 2.81 bits per heavy atom. The van der Waals surface area contributed by atoms with Gasteiger partial charge in [0.2, 0.25) is 0 Å². The maximum atomic E-state index is 13.1. The Balaban J connectivity index is 2.40. The molecule has 0 aliphatic heterocycles. The smallest absolute Gasteiger partial charge is 0.123 e. The van der Waals surface area contributed by atoms with E-state index in [1.807, 2.05) is 19.3 Å². The van der Waals surface area contributed by atoms with Crippen molar-refractivity contribution in [2.24, 2.45) is 12.8 Å². The topological polar surface area (TPSA) is 43.8 Å². The summed E-state index contributed by atoms with van der Waals surface area (Å²) < 4.78 is 15.6. The highest BCUT2D eigenvalue weighted by molar-refractivity contribution is 9.10. The lowest BCUT2D eigenvalue weighted by Crippen LogP contribution is -2.13. The fourth-order valence-electron chi connectivity index (χ4n) is 1.51. The largest absolute Gasteiger partial charge is 0.319 e. The van der Waals surface area contributed by atoms with Crippen molar-refractivity contribution in [1.29, 1.82) is 0 Å². The molecule has 0 fully saturated rings. The Hall–Kier alpha value is -1.20. The van der Waals surface area contributed by atoms with Gasteiger partial charge in [0.05, 0.1) is 11.7 Å². The molecule has 16 heavy (non-hydrogen) atoms. The molecule has 0 amide bonds. The minimum absolute atomic E-state index is 0.301. The lowest BCUT2D eigenvalue weighted by atomic mass is 10.1. The summed E-state index contributed by atoms with van der Waals surface area (Å²) in [4.78, 5) is 0. The fraction of sp³-hybridized carbons (Fsp3) is 0.182. The van der Waals surface area contributed by atoms with Gasteiger partial charge >= 0.3 is 0 Å². The van der Waals surface area contributed by atoms with Crippen LogP contribution in [0.2, 0.25) is 0 Å². The molecule has 1 heterocycles. The molecular formula is C11H11BrFN3. The van der Waals surface area contributed by atoms with Crippen LogP contribution in [-0.4, -0.2) is 9.78 Å². The third kappa shape index (κ3) is 2.15. The van der Waals surface area contributed by atoms with Crippen molar-refractivity contribution in [3.05, 3.63) is 52.0 Å². The van der Waals surface area contributed by atoms with E-state index in [2.05, 4.69) is 21.0 Å². The first kappa shape index (κ1) is 11.3. The van der Waals surface area contributed by atoms with Gasteiger partial charge in [-0.2, -0.15) is 5.10 Å². The summed E-state index contributed by atoms with van der Waals surface area (Å²) in [5.74, 6) is -0.301. The molecule has 0 spiro atoms. The van der Waals surface area contributed by atoms with Crippen molar-refractivity contribution in [2.75, 3.05) is 0 Å². The highest BCUT2D eigenvalue weighted by atomic mass is 79.9. The number of nitrogens with two attached hydrogens (primary N) is 1. The Morgan fingerprint density at radius 2 is 2.19 bits per heavy atom. The molecule has 1 unspecified atom stereocenters. The highest BCUT2D eigenvalue weighted by Crippen LogP contribution is 2.26. The molecule has 1 aromatic carbocycles. The quantitative estimate of drug-likeness (QED) is 0.920. The average molecular weight is 284 g/mol. The SMILES string of the molecule is Cn1ccc(C(N)c2cc(F)ccc2Br)n1. The van der Waals surface area contributed by atoms with Gasteiger partial charge in [-0.25, -0.2) is 4.39 Å². The van der Waals surface area contributed by atoms with Crippen molar-refractivity contribution in [1.82, 2.24) is 9.78 Å². The summed E-state index contributed by atoms with van der Waals surface area (Å²) in [6.07, 6.45) is 1.81. The number of benzene rings is 1. The van der Waals surface area contributed by atoms with E-state index < -0.39 is 6.04 Å². The van der Waals surface area contributed by atoms with E-state index in [1.165, 1.54) is 12.1 Å². The number of hydrogen-bond acceptors (Lipinski definition) is 2. The van der Waals surface area contributed by atoms with E-state index in [0.717, 1.165) is 4.47 Å². The molecule has 0 aliphatic rings. The van der Waals surface area contributed by atoms with Crippen molar-refractivity contribution < 1.29 is 4.39 Å². The van der Waals surface area contributed by atoms with E-state index in [9.17, 15) is 4.39 Å². The van der Waals surface area contributed by atoms with E-state index in [0.29, 0.717) is 11.3 Å². The van der Waals surface area contributed by atoms with Gasteiger partial charge in [0, 0.05) is 17.7 Å². The van der Waals surface area contributed by atoms with Gasteiger partial charge < -0.3 is 5.73 Å². The molecule has 0 radical (unpaired) electrons. The molecule has 1 aromatic heterocycles. The molecular weight excluding hydrogens is 273 g/mol. The summed E-state index contributed by atoms with van der Waals surface area (Å²) in [5, 5.41) is 4.21. The van der Waals surface area contributed by atoms with Gasteiger partial charge in [-0.15, -0.1) is 0 Å². The summed E-state index contributed by atoms with van der Waals surface area (Å²) >= 11 is 3.35. The number of halogens is 2. The van der Waals surface area contributed by atoms with Gasteiger partial charge in [0.25, 0.3) is 0 Å². The first-order valence-corrected chi connectivity index (χ1v) is 5.57. The van der Waals surface area contributed by atoms with E-state index in [4.69, 9.17) is 5.73 Å². The van der Waals surface area contributed by atoms with Crippen LogP contribution in [0.1, 0.15) is 17.3 Å². The van der Waals surface area contributed by atoms with Crippen molar-refractivity contribution in [3.63, 3.8) is 0 Å². The molecule has 2 N–H and O–H groups in total. The van der Waals surface area contributed by atoms with Crippen LogP contribution in [0, 0.1) is 5.82 Å². The normalized spacial score (nSPS) is 12.8. The van der Waals surface area contributed by atoms with Gasteiger partial charge in [-0.3, -0.25) is 4.68 Å². The van der Waals surface area contributed by atoms with Crippen LogP contribution >= 0.6 is 15.9 Å². The standard InChI is InChI=1S/C11H11BrFN3/c1-16-5-4-10(15-16)11(14)8-6-7(13)2-3-9(8)12/h2-6,11H,14H2,1H3. The Morgan fingerprint density at radius 1 is 1.44 bits per heavy atom. The minimum atomic E-state index is -0.425. The van der Waals surface area contributed by atoms with Crippen LogP contribution in [0.25, 0.3) is 0 Å². The molecule has 0 saturated carbocycles. The van der Waals surface area contributed by atoms with Crippen LogP contribution < -0.4 is 5.73 Å². The van der Waals surface area contributed by atoms with Gasteiger partial charge in [0.15, 0.2) is 0 Å². The summed E-state index contributed by atoms with van der Waals surface area (Å²) in [6, 6.07) is 5.85. The Labute approximate surface area is 101 Å². The van der Waals surface area contributed by atoms with Crippen LogP contribution in [0.3, 0.4) is 0 Å². The number of aromatic nitrogens is 2. The lowest BCUT2D eigenvalue weighted by molar-refractivity contribution is 0.621. The summed E-state index contributed by atoms with van der Waals surface area (Å²) in [7, 11) is 1.82. The predicted molar refractivity (Wildman–Crippen MR) is 63.3 cm³/mol. The zero-order chi connectivity index (χ0) is 11.7. The highest BCUT2D eigenvalue weighted by Gasteiger charge is 2.15. The van der Waals surface area contributed by atoms with Crippen molar-refractivity contribution in [2.45, 2.75) is 6.04 Å².